The summed E-state index contributed by atoms with van der Waals surface area (Å²) in [7, 11) is 0. The first-order valence-electron chi connectivity index (χ1n) is 6.40. The van der Waals surface area contributed by atoms with Crippen molar-refractivity contribution in [1.82, 2.24) is 5.32 Å². The summed E-state index contributed by atoms with van der Waals surface area (Å²) in [4.78, 5) is 21.7. The van der Waals surface area contributed by atoms with Crippen LogP contribution in [0.2, 0.25) is 0 Å². The van der Waals surface area contributed by atoms with Crippen LogP contribution in [-0.4, -0.2) is 22.7 Å². The Labute approximate surface area is 123 Å². The number of carbonyl (C=O) groups is 1. The van der Waals surface area contributed by atoms with E-state index in [-0.39, 0.29) is 5.69 Å². The average molecular weight is 290 g/mol. The van der Waals surface area contributed by atoms with Gasteiger partial charge in [-0.05, 0) is 26.3 Å². The van der Waals surface area contributed by atoms with Crippen LogP contribution in [-0.2, 0) is 11.2 Å². The molecule has 0 aliphatic heterocycles. The molecule has 1 aromatic carbocycles. The second-order valence-corrected chi connectivity index (χ2v) is 5.49. The van der Waals surface area contributed by atoms with E-state index >= 15 is 0 Å². The fourth-order valence-corrected chi connectivity index (χ4v) is 1.59. The van der Waals surface area contributed by atoms with Gasteiger partial charge in [0.05, 0.1) is 11.0 Å². The molecule has 6 heteroatoms. The van der Waals surface area contributed by atoms with Crippen molar-refractivity contribution in [2.24, 2.45) is 0 Å². The van der Waals surface area contributed by atoms with Crippen molar-refractivity contribution >= 4 is 11.8 Å². The number of nitro benzene ring substituents is 1. The third kappa shape index (κ3) is 5.95. The lowest BCUT2D eigenvalue weighted by Gasteiger charge is -2.21. The zero-order chi connectivity index (χ0) is 16.0. The SMILES string of the molecule is C#CC(Cc1ccc([N+](=O)[O-])cc1)NC(=O)OC(C)(C)C. The first-order chi connectivity index (χ1) is 9.71. The number of non-ortho nitro benzene ring substituents is 1. The fourth-order valence-electron chi connectivity index (χ4n) is 1.59. The Morgan fingerprint density at radius 2 is 2.00 bits per heavy atom. The third-order valence-electron chi connectivity index (χ3n) is 2.48. The molecule has 1 N–H and O–H groups in total. The number of nitrogens with one attached hydrogen (secondary N) is 1. The molecule has 1 unspecified atom stereocenters. The molecule has 1 amide bonds. The summed E-state index contributed by atoms with van der Waals surface area (Å²) in [5.74, 6) is 2.46. The van der Waals surface area contributed by atoms with Crippen LogP contribution in [0.5, 0.6) is 0 Å². The minimum absolute atomic E-state index is 0.0103. The molecule has 1 rings (SSSR count). The van der Waals surface area contributed by atoms with Crippen molar-refractivity contribution in [1.29, 1.82) is 0 Å². The summed E-state index contributed by atoms with van der Waals surface area (Å²) in [6.07, 6.45) is 5.16. The van der Waals surface area contributed by atoms with Crippen LogP contribution >= 0.6 is 0 Å². The molecule has 0 aliphatic carbocycles. The Morgan fingerprint density at radius 3 is 2.43 bits per heavy atom. The van der Waals surface area contributed by atoms with Crippen molar-refractivity contribution in [2.75, 3.05) is 0 Å². The van der Waals surface area contributed by atoms with E-state index in [1.165, 1.54) is 12.1 Å². The predicted octanol–water partition coefficient (Wildman–Crippen LogP) is 2.66. The summed E-state index contributed by atoms with van der Waals surface area (Å²) in [5.41, 5.74) is 0.201. The van der Waals surface area contributed by atoms with Crippen LogP contribution in [0.4, 0.5) is 10.5 Å². The standard InChI is InChI=1S/C15H18N2O4/c1-5-12(16-14(18)21-15(2,3)4)10-11-6-8-13(9-7-11)17(19)20/h1,6-9,12H,10H2,2-4H3,(H,16,18). The van der Waals surface area contributed by atoms with Gasteiger partial charge >= 0.3 is 6.09 Å². The van der Waals surface area contributed by atoms with Gasteiger partial charge in [-0.3, -0.25) is 10.1 Å². The van der Waals surface area contributed by atoms with E-state index in [1.54, 1.807) is 32.9 Å². The lowest BCUT2D eigenvalue weighted by molar-refractivity contribution is -0.384. The molecule has 0 saturated heterocycles. The highest BCUT2D eigenvalue weighted by molar-refractivity contribution is 5.68. The zero-order valence-corrected chi connectivity index (χ0v) is 12.3. The van der Waals surface area contributed by atoms with E-state index < -0.39 is 22.7 Å². The smallest absolute Gasteiger partial charge is 0.408 e. The highest BCUT2D eigenvalue weighted by atomic mass is 16.6. The van der Waals surface area contributed by atoms with Gasteiger partial charge in [0.25, 0.3) is 5.69 Å². The van der Waals surface area contributed by atoms with Crippen LogP contribution < -0.4 is 5.32 Å². The average Bonchev–Trinajstić information content (AvgIpc) is 2.36. The molecule has 1 atom stereocenters. The maximum atomic E-state index is 11.6. The topological polar surface area (TPSA) is 81.5 Å². The maximum Gasteiger partial charge on any atom is 0.408 e. The van der Waals surface area contributed by atoms with Gasteiger partial charge in [0.2, 0.25) is 0 Å². The van der Waals surface area contributed by atoms with E-state index in [9.17, 15) is 14.9 Å². The molecular formula is C15H18N2O4. The number of terminal acetylenes is 1. The Bertz CT molecular complexity index is 553. The van der Waals surface area contributed by atoms with Gasteiger partial charge in [0.1, 0.15) is 5.60 Å². The predicted molar refractivity (Wildman–Crippen MR) is 78.8 cm³/mol. The lowest BCUT2D eigenvalue weighted by Crippen LogP contribution is -2.39. The van der Waals surface area contributed by atoms with E-state index in [2.05, 4.69) is 11.2 Å². The molecule has 112 valence electrons. The Morgan fingerprint density at radius 1 is 1.43 bits per heavy atom. The van der Waals surface area contributed by atoms with Gasteiger partial charge in [-0.15, -0.1) is 6.42 Å². The molecule has 0 spiro atoms. The molecule has 0 bridgehead atoms. The molecule has 0 saturated carbocycles. The molecule has 0 heterocycles. The van der Waals surface area contributed by atoms with Crippen molar-refractivity contribution < 1.29 is 14.5 Å². The van der Waals surface area contributed by atoms with Crippen molar-refractivity contribution in [3.63, 3.8) is 0 Å². The summed E-state index contributed by atoms with van der Waals surface area (Å²) in [6.45, 7) is 5.27. The number of hydrogen-bond acceptors (Lipinski definition) is 4. The number of ether oxygens (including phenoxy) is 1. The first-order valence-corrected chi connectivity index (χ1v) is 6.40. The van der Waals surface area contributed by atoms with E-state index in [1.807, 2.05) is 0 Å². The van der Waals surface area contributed by atoms with Crippen LogP contribution in [0.3, 0.4) is 0 Å². The molecule has 0 aliphatic rings. The number of amides is 1. The number of carbonyl (C=O) groups excluding carboxylic acids is 1. The summed E-state index contributed by atoms with van der Waals surface area (Å²) < 4.78 is 5.12. The molecule has 21 heavy (non-hydrogen) atoms. The van der Waals surface area contributed by atoms with E-state index in [4.69, 9.17) is 11.2 Å². The highest BCUT2D eigenvalue weighted by Crippen LogP contribution is 2.13. The van der Waals surface area contributed by atoms with Crippen LogP contribution in [0.15, 0.2) is 24.3 Å². The van der Waals surface area contributed by atoms with Gasteiger partial charge < -0.3 is 10.1 Å². The largest absolute Gasteiger partial charge is 0.444 e. The summed E-state index contributed by atoms with van der Waals surface area (Å²) in [6, 6.07) is 5.48. The van der Waals surface area contributed by atoms with Gasteiger partial charge in [-0.1, -0.05) is 18.1 Å². The van der Waals surface area contributed by atoms with E-state index in [0.29, 0.717) is 6.42 Å². The fraction of sp³-hybridized carbons (Fsp3) is 0.400. The molecule has 0 aromatic heterocycles. The van der Waals surface area contributed by atoms with Gasteiger partial charge in [-0.2, -0.15) is 0 Å². The molecule has 0 radical (unpaired) electrons. The van der Waals surface area contributed by atoms with Gasteiger partial charge in [0, 0.05) is 18.6 Å². The van der Waals surface area contributed by atoms with Crippen molar-refractivity contribution in [3.8, 4) is 12.3 Å². The van der Waals surface area contributed by atoms with Crippen LogP contribution in [0, 0.1) is 22.5 Å². The molecule has 0 fully saturated rings. The lowest BCUT2D eigenvalue weighted by atomic mass is 10.1. The van der Waals surface area contributed by atoms with Crippen LogP contribution in [0.1, 0.15) is 26.3 Å². The van der Waals surface area contributed by atoms with E-state index in [0.717, 1.165) is 5.56 Å². The van der Waals surface area contributed by atoms with Crippen molar-refractivity contribution in [3.05, 3.63) is 39.9 Å². The number of benzene rings is 1. The second-order valence-electron chi connectivity index (χ2n) is 5.49. The highest BCUT2D eigenvalue weighted by Gasteiger charge is 2.18. The van der Waals surface area contributed by atoms with Crippen LogP contribution in [0.25, 0.3) is 0 Å². The van der Waals surface area contributed by atoms with Gasteiger partial charge in [-0.25, -0.2) is 4.79 Å². The van der Waals surface area contributed by atoms with Crippen molar-refractivity contribution in [2.45, 2.75) is 38.8 Å². The Hall–Kier alpha value is -2.55. The molecule has 1 aromatic rings. The summed E-state index contributed by atoms with van der Waals surface area (Å²) in [5, 5.41) is 13.1. The van der Waals surface area contributed by atoms with Gasteiger partial charge in [0.15, 0.2) is 0 Å². The number of rotatable bonds is 4. The summed E-state index contributed by atoms with van der Waals surface area (Å²) >= 11 is 0. The quantitative estimate of drug-likeness (QED) is 0.525. The second kappa shape index (κ2) is 6.75. The number of alkyl carbamates (subject to hydrolysis) is 1. The minimum atomic E-state index is -0.601. The monoisotopic (exact) mass is 290 g/mol. The third-order valence-corrected chi connectivity index (χ3v) is 2.48. The molecule has 6 nitrogen and oxygen atoms in total. The molecular weight excluding hydrogens is 272 g/mol. The minimum Gasteiger partial charge on any atom is -0.444 e. The maximum absolute atomic E-state index is 11.6. The number of nitrogens with zero attached hydrogens (tertiary/aromatic N) is 1. The normalized spacial score (nSPS) is 12.1. The first kappa shape index (κ1) is 16.5. The zero-order valence-electron chi connectivity index (χ0n) is 12.3. The Balaban J connectivity index is 2.64. The number of nitro groups is 1. The number of hydrogen-bond donors (Lipinski definition) is 1. The Kier molecular flexibility index (Phi) is 5.30.